The number of piperidine rings is 1. The lowest BCUT2D eigenvalue weighted by Crippen LogP contribution is -2.36. The molecule has 35 heavy (non-hydrogen) atoms. The van der Waals surface area contributed by atoms with Crippen LogP contribution in [0.5, 0.6) is 0 Å². The summed E-state index contributed by atoms with van der Waals surface area (Å²) in [6.45, 7) is 2.60. The third kappa shape index (κ3) is 5.24. The highest BCUT2D eigenvalue weighted by Gasteiger charge is 2.58. The molecule has 1 saturated carbocycles. The van der Waals surface area contributed by atoms with Crippen molar-refractivity contribution in [3.05, 3.63) is 83.4 Å². The van der Waals surface area contributed by atoms with E-state index in [0.29, 0.717) is 5.56 Å². The van der Waals surface area contributed by atoms with Crippen LogP contribution < -0.4 is 5.32 Å². The average Bonchev–Trinajstić information content (AvgIpc) is 3.34. The summed E-state index contributed by atoms with van der Waals surface area (Å²) in [6.07, 6.45) is 2.03. The number of hydrogen-bond acceptors (Lipinski definition) is 3. The van der Waals surface area contributed by atoms with Gasteiger partial charge in [0.2, 0.25) is 5.91 Å². The van der Waals surface area contributed by atoms with E-state index in [1.54, 1.807) is 22.9 Å². The molecule has 184 valence electrons. The summed E-state index contributed by atoms with van der Waals surface area (Å²) in [5.41, 5.74) is 1.61. The SMILES string of the molecule is O=C(NCc1cccc(C(F)(F)F)c1)C1CC12CCN(Cc1cnn(-c3ccc(F)cc3)c1)CC2. The summed E-state index contributed by atoms with van der Waals surface area (Å²) in [6, 6.07) is 11.2. The maximum absolute atomic E-state index is 13.1. The zero-order valence-electron chi connectivity index (χ0n) is 19.1. The van der Waals surface area contributed by atoms with E-state index < -0.39 is 11.7 Å². The minimum atomic E-state index is -4.39. The van der Waals surface area contributed by atoms with Gasteiger partial charge in [-0.05, 0) is 79.7 Å². The Kier molecular flexibility index (Phi) is 6.13. The van der Waals surface area contributed by atoms with Crippen LogP contribution in [0.15, 0.2) is 60.9 Å². The van der Waals surface area contributed by atoms with Gasteiger partial charge in [0, 0.05) is 30.8 Å². The summed E-state index contributed by atoms with van der Waals surface area (Å²) in [7, 11) is 0. The maximum Gasteiger partial charge on any atom is 0.416 e. The van der Waals surface area contributed by atoms with Gasteiger partial charge in [-0.1, -0.05) is 12.1 Å². The van der Waals surface area contributed by atoms with E-state index in [-0.39, 0.29) is 29.6 Å². The smallest absolute Gasteiger partial charge is 0.352 e. The molecule has 5 nitrogen and oxygen atoms in total. The zero-order chi connectivity index (χ0) is 24.6. The number of alkyl halides is 3. The van der Waals surface area contributed by atoms with E-state index >= 15 is 0 Å². The molecular weight excluding hydrogens is 460 g/mol. The fraction of sp³-hybridized carbons (Fsp3) is 0.385. The quantitative estimate of drug-likeness (QED) is 0.502. The highest BCUT2D eigenvalue weighted by molar-refractivity contribution is 5.82. The van der Waals surface area contributed by atoms with Crippen molar-refractivity contribution in [3.63, 3.8) is 0 Å². The Morgan fingerprint density at radius 1 is 1.09 bits per heavy atom. The van der Waals surface area contributed by atoms with Gasteiger partial charge in [-0.15, -0.1) is 0 Å². The molecule has 1 aliphatic carbocycles. The Bertz CT molecular complexity index is 1200. The molecule has 1 spiro atoms. The topological polar surface area (TPSA) is 50.2 Å². The molecule has 1 saturated heterocycles. The minimum Gasteiger partial charge on any atom is -0.352 e. The Hall–Kier alpha value is -3.20. The molecule has 3 aromatic rings. The molecule has 5 rings (SSSR count). The molecular formula is C26H26F4N4O. The predicted molar refractivity (Wildman–Crippen MR) is 122 cm³/mol. The Morgan fingerprint density at radius 3 is 2.54 bits per heavy atom. The molecule has 1 aliphatic heterocycles. The number of carbonyl (C=O) groups is 1. The van der Waals surface area contributed by atoms with Crippen LogP contribution >= 0.6 is 0 Å². The number of rotatable bonds is 6. The molecule has 1 N–H and O–H groups in total. The van der Waals surface area contributed by atoms with Crippen molar-refractivity contribution in [2.24, 2.45) is 11.3 Å². The standard InChI is InChI=1S/C26H26F4N4O/c27-21-4-6-22(7-5-21)34-17-19(15-32-34)16-33-10-8-25(9-11-33)13-23(25)24(35)31-14-18-2-1-3-20(12-18)26(28,29)30/h1-7,12,15,17,23H,8-11,13-14,16H2,(H,31,35). The van der Waals surface area contributed by atoms with Crippen molar-refractivity contribution in [1.82, 2.24) is 20.0 Å². The third-order valence-corrected chi connectivity index (χ3v) is 7.21. The highest BCUT2D eigenvalue weighted by Crippen LogP contribution is 2.59. The summed E-state index contributed by atoms with van der Waals surface area (Å²) in [5.74, 6) is -0.431. The molecule has 0 radical (unpaired) electrons. The Labute approximate surface area is 200 Å². The Balaban J connectivity index is 1.10. The molecule has 9 heteroatoms. The monoisotopic (exact) mass is 486 g/mol. The van der Waals surface area contributed by atoms with Gasteiger partial charge in [0.1, 0.15) is 5.82 Å². The summed E-state index contributed by atoms with van der Waals surface area (Å²) in [5, 5.41) is 7.20. The largest absolute Gasteiger partial charge is 0.416 e. The average molecular weight is 487 g/mol. The maximum atomic E-state index is 13.1. The van der Waals surface area contributed by atoms with E-state index in [1.165, 1.54) is 18.2 Å². The number of nitrogens with zero attached hydrogens (tertiary/aromatic N) is 3. The number of hydrogen-bond donors (Lipinski definition) is 1. The molecule has 1 atom stereocenters. The van der Waals surface area contributed by atoms with Crippen LogP contribution in [-0.4, -0.2) is 33.7 Å². The minimum absolute atomic E-state index is 0.00664. The van der Waals surface area contributed by atoms with Crippen molar-refractivity contribution >= 4 is 5.91 Å². The van der Waals surface area contributed by atoms with E-state index in [4.69, 9.17) is 0 Å². The van der Waals surface area contributed by atoms with Gasteiger partial charge in [0.15, 0.2) is 0 Å². The number of benzene rings is 2. The second-order valence-corrected chi connectivity index (χ2v) is 9.58. The van der Waals surface area contributed by atoms with Crippen LogP contribution in [0.4, 0.5) is 17.6 Å². The Morgan fingerprint density at radius 2 is 1.83 bits per heavy atom. The number of aromatic nitrogens is 2. The van der Waals surface area contributed by atoms with Crippen LogP contribution in [0.25, 0.3) is 5.69 Å². The van der Waals surface area contributed by atoms with Crippen molar-refractivity contribution in [3.8, 4) is 5.69 Å². The van der Waals surface area contributed by atoms with Gasteiger partial charge in [-0.3, -0.25) is 9.69 Å². The molecule has 1 aromatic heterocycles. The van der Waals surface area contributed by atoms with E-state index in [9.17, 15) is 22.4 Å². The number of halogens is 4. The molecule has 2 aliphatic rings. The van der Waals surface area contributed by atoms with Gasteiger partial charge >= 0.3 is 6.18 Å². The van der Waals surface area contributed by atoms with Gasteiger partial charge in [-0.25, -0.2) is 9.07 Å². The molecule has 2 aromatic carbocycles. The van der Waals surface area contributed by atoms with Crippen LogP contribution in [0, 0.1) is 17.2 Å². The van der Waals surface area contributed by atoms with Gasteiger partial charge in [0.05, 0.1) is 17.4 Å². The van der Waals surface area contributed by atoms with Gasteiger partial charge in [0.25, 0.3) is 0 Å². The fourth-order valence-electron chi connectivity index (χ4n) is 5.03. The normalized spacial score (nSPS) is 19.6. The number of likely N-dealkylation sites (tertiary alicyclic amines) is 1. The first kappa shape index (κ1) is 23.5. The summed E-state index contributed by atoms with van der Waals surface area (Å²) in [4.78, 5) is 15.0. The summed E-state index contributed by atoms with van der Waals surface area (Å²) < 4.78 is 53.6. The van der Waals surface area contributed by atoms with Gasteiger partial charge < -0.3 is 5.32 Å². The lowest BCUT2D eigenvalue weighted by atomic mass is 9.90. The second-order valence-electron chi connectivity index (χ2n) is 9.58. The van der Waals surface area contributed by atoms with Crippen molar-refractivity contribution < 1.29 is 22.4 Å². The van der Waals surface area contributed by atoms with Crippen LogP contribution in [-0.2, 0) is 24.1 Å². The molecule has 1 amide bonds. The van der Waals surface area contributed by atoms with Gasteiger partial charge in [-0.2, -0.15) is 18.3 Å². The van der Waals surface area contributed by atoms with Crippen molar-refractivity contribution in [2.45, 2.75) is 38.5 Å². The van der Waals surface area contributed by atoms with Crippen LogP contribution in [0.3, 0.4) is 0 Å². The lowest BCUT2D eigenvalue weighted by molar-refractivity contribution is -0.137. The first-order chi connectivity index (χ1) is 16.7. The summed E-state index contributed by atoms with van der Waals surface area (Å²) >= 11 is 0. The number of nitrogens with one attached hydrogen (secondary N) is 1. The highest BCUT2D eigenvalue weighted by atomic mass is 19.4. The number of amides is 1. The van der Waals surface area contributed by atoms with E-state index in [0.717, 1.165) is 62.3 Å². The third-order valence-electron chi connectivity index (χ3n) is 7.21. The first-order valence-electron chi connectivity index (χ1n) is 11.7. The molecule has 0 bridgehead atoms. The predicted octanol–water partition coefficient (Wildman–Crippen LogP) is 4.95. The molecule has 2 fully saturated rings. The molecule has 1 unspecified atom stereocenters. The zero-order valence-corrected chi connectivity index (χ0v) is 19.1. The number of carbonyl (C=O) groups excluding carboxylic acids is 1. The van der Waals surface area contributed by atoms with E-state index in [1.807, 2.05) is 12.4 Å². The lowest BCUT2D eigenvalue weighted by Gasteiger charge is -2.32. The first-order valence-corrected chi connectivity index (χ1v) is 11.7. The molecule has 2 heterocycles. The van der Waals surface area contributed by atoms with Crippen LogP contribution in [0.1, 0.15) is 36.0 Å². The van der Waals surface area contributed by atoms with Crippen LogP contribution in [0.2, 0.25) is 0 Å². The van der Waals surface area contributed by atoms with Crippen molar-refractivity contribution in [1.29, 1.82) is 0 Å². The second kappa shape index (κ2) is 9.11. The fourth-order valence-corrected chi connectivity index (χ4v) is 5.03. The van der Waals surface area contributed by atoms with Crippen molar-refractivity contribution in [2.75, 3.05) is 13.1 Å². The van der Waals surface area contributed by atoms with E-state index in [2.05, 4.69) is 15.3 Å².